The Kier molecular flexibility index (Phi) is 18.4. The lowest BCUT2D eigenvalue weighted by Gasteiger charge is -2.22. The number of carboxylic acid groups (broad SMARTS) is 1. The van der Waals surface area contributed by atoms with Crippen LogP contribution >= 0.6 is 19.6 Å². The molecule has 5 rings (SSSR count). The first-order valence-corrected chi connectivity index (χ1v) is 23.7. The summed E-state index contributed by atoms with van der Waals surface area (Å²) in [6, 6.07) is 18.9. The molecule has 0 spiro atoms. The molecule has 1 heterocycles. The second kappa shape index (κ2) is 24.1. The van der Waals surface area contributed by atoms with Gasteiger partial charge in [-0.3, -0.25) is 28.5 Å². The van der Waals surface area contributed by atoms with Crippen LogP contribution in [0.4, 0.5) is 5.69 Å². The first-order chi connectivity index (χ1) is 32.0. The molecule has 3 aromatic carbocycles. The molecule has 3 unspecified atom stereocenters. The first-order valence-electron chi connectivity index (χ1n) is 21.3. The van der Waals surface area contributed by atoms with Gasteiger partial charge in [0.15, 0.2) is 10.5 Å². The molecule has 3 atom stereocenters. The van der Waals surface area contributed by atoms with Gasteiger partial charge in [-0.25, -0.2) is 4.79 Å². The molecule has 20 heteroatoms. The predicted molar refractivity (Wildman–Crippen MR) is 254 cm³/mol. The number of anilines is 1. The number of thiocarbonyl (C=S) groups is 1. The lowest BCUT2D eigenvalue weighted by Crippen LogP contribution is -2.47. The zero-order valence-corrected chi connectivity index (χ0v) is 38.8. The Bertz CT molecular complexity index is 2670. The van der Waals surface area contributed by atoms with Gasteiger partial charge in [-0.2, -0.15) is 0 Å². The minimum absolute atomic E-state index is 0.00160. The van der Waals surface area contributed by atoms with Crippen LogP contribution in [0.15, 0.2) is 88.1 Å². The van der Waals surface area contributed by atoms with E-state index in [1.165, 1.54) is 63.8 Å². The van der Waals surface area contributed by atoms with Gasteiger partial charge in [0.1, 0.15) is 28.9 Å². The van der Waals surface area contributed by atoms with Crippen LogP contribution < -0.4 is 26.7 Å². The van der Waals surface area contributed by atoms with Crippen molar-refractivity contribution in [1.29, 1.82) is 0 Å². The quantitative estimate of drug-likeness (QED) is 0.0129. The summed E-state index contributed by atoms with van der Waals surface area (Å²) >= 11 is 5.52. The van der Waals surface area contributed by atoms with Crippen molar-refractivity contribution in [1.82, 2.24) is 16.0 Å². The van der Waals surface area contributed by atoms with E-state index in [1.807, 2.05) is 0 Å². The summed E-state index contributed by atoms with van der Waals surface area (Å²) in [5.41, 5.74) is 2.45. The standard InChI is InChI=1S/C47H53N4O14PS/c1-62-42(56)18-9-29(46(60)63-2)27-66(61,64-3)23-20-41(55)51-38(44(57)48-22-19-28-7-11-31(52)12-8-28)6-4-5-21-49-47(67)50-30-10-15-34(37(24-30)45(58)59)43-35-16-13-32(53)25-39(35)65-40-26-33(54)14-17-36(40)43/h7-8,10-17,24-26,29,38,52-53H,4-6,9,18-23,27H2,1-3H3,(H,48,57)(H,51,55)(H,58,59)(H2,49,50,67). The molecule has 0 bridgehead atoms. The highest BCUT2D eigenvalue weighted by atomic mass is 32.1. The highest BCUT2D eigenvalue weighted by Crippen LogP contribution is 2.49. The van der Waals surface area contributed by atoms with Gasteiger partial charge >= 0.3 is 17.9 Å². The molecule has 1 aliphatic carbocycles. The highest BCUT2D eigenvalue weighted by molar-refractivity contribution is 7.80. The van der Waals surface area contributed by atoms with Gasteiger partial charge in [-0.1, -0.05) is 18.2 Å². The number of carboxylic acids is 1. The summed E-state index contributed by atoms with van der Waals surface area (Å²) in [5.74, 6) is -4.18. The monoisotopic (exact) mass is 960 g/mol. The topological polar surface area (TPSA) is 269 Å². The van der Waals surface area contributed by atoms with Crippen molar-refractivity contribution >= 4 is 71.1 Å². The predicted octanol–water partition coefficient (Wildman–Crippen LogP) is 6.03. The molecule has 0 saturated carbocycles. The molecule has 7 N–H and O–H groups in total. The van der Waals surface area contributed by atoms with Crippen LogP contribution in [0.5, 0.6) is 11.5 Å². The Morgan fingerprint density at radius 3 is 2.24 bits per heavy atom. The normalized spacial score (nSPS) is 12.9. The van der Waals surface area contributed by atoms with Crippen molar-refractivity contribution in [3.63, 3.8) is 0 Å². The molecule has 0 fully saturated rings. The van der Waals surface area contributed by atoms with Crippen molar-refractivity contribution in [2.24, 2.45) is 5.92 Å². The molecule has 2 aliphatic rings. The fourth-order valence-corrected chi connectivity index (χ4v) is 9.66. The molecule has 0 radical (unpaired) electrons. The molecule has 3 aromatic rings. The second-order valence-electron chi connectivity index (χ2n) is 15.6. The van der Waals surface area contributed by atoms with Gasteiger partial charge in [-0.15, -0.1) is 0 Å². The van der Waals surface area contributed by atoms with Crippen LogP contribution in [0.3, 0.4) is 0 Å². The van der Waals surface area contributed by atoms with E-state index in [0.29, 0.717) is 53.6 Å². The number of aromatic hydroxyl groups is 2. The Balaban J connectivity index is 1.20. The number of hydrogen-bond acceptors (Lipinski definition) is 14. The van der Waals surface area contributed by atoms with Gasteiger partial charge < -0.3 is 55.0 Å². The fourth-order valence-electron chi connectivity index (χ4n) is 7.38. The SMILES string of the molecule is COC(=O)CCC(CP(=O)(CCC(=O)NC(CCCCNC(=S)Nc1ccc(-c2c3ccc(=O)cc-3oc3cc(O)ccc23)c(C(=O)O)c1)C(=O)NCCc1ccc(O)cc1)OC)C(=O)OC. The number of fused-ring (bicyclic) bond motifs is 2. The summed E-state index contributed by atoms with van der Waals surface area (Å²) < 4.78 is 34.4. The molecule has 18 nitrogen and oxygen atoms in total. The maximum absolute atomic E-state index is 13.7. The lowest BCUT2D eigenvalue weighted by atomic mass is 9.90. The molecule has 0 saturated heterocycles. The van der Waals surface area contributed by atoms with Crippen molar-refractivity contribution in [2.45, 2.75) is 51.0 Å². The summed E-state index contributed by atoms with van der Waals surface area (Å²) in [6.45, 7) is 0.579. The van der Waals surface area contributed by atoms with E-state index >= 15 is 0 Å². The average Bonchev–Trinajstić information content (AvgIpc) is 3.31. The highest BCUT2D eigenvalue weighted by Gasteiger charge is 2.33. The van der Waals surface area contributed by atoms with E-state index in [0.717, 1.165) is 5.56 Å². The average molecular weight is 961 g/mol. The summed E-state index contributed by atoms with van der Waals surface area (Å²) in [6.07, 6.45) is 0.687. The van der Waals surface area contributed by atoms with Gasteiger partial charge in [0.05, 0.1) is 25.7 Å². The lowest BCUT2D eigenvalue weighted by molar-refractivity contribution is -0.146. The van der Waals surface area contributed by atoms with E-state index in [4.69, 9.17) is 25.9 Å². The zero-order valence-electron chi connectivity index (χ0n) is 37.1. The van der Waals surface area contributed by atoms with Crippen LogP contribution in [0.1, 0.15) is 54.4 Å². The first kappa shape index (κ1) is 51.2. The molecular weight excluding hydrogens is 908 g/mol. The number of rotatable bonds is 23. The zero-order chi connectivity index (χ0) is 48.7. The molecule has 0 aromatic heterocycles. The molecule has 1 aliphatic heterocycles. The van der Waals surface area contributed by atoms with Crippen LogP contribution in [-0.2, 0) is 44.2 Å². The Morgan fingerprint density at radius 2 is 1.54 bits per heavy atom. The van der Waals surface area contributed by atoms with Gasteiger partial charge in [0.25, 0.3) is 0 Å². The van der Waals surface area contributed by atoms with E-state index in [2.05, 4.69) is 26.0 Å². The number of phenolic OH excluding ortho intramolecular Hbond substituents is 2. The third-order valence-corrected chi connectivity index (χ3v) is 13.7. The maximum atomic E-state index is 13.7. The number of aromatic carboxylic acids is 1. The number of phenols is 2. The van der Waals surface area contributed by atoms with Crippen molar-refractivity contribution < 1.29 is 62.3 Å². The van der Waals surface area contributed by atoms with Crippen molar-refractivity contribution in [3.05, 3.63) is 100 Å². The summed E-state index contributed by atoms with van der Waals surface area (Å²) in [7, 11) is 0.00291. The summed E-state index contributed by atoms with van der Waals surface area (Å²) in [5, 5.41) is 42.4. The summed E-state index contributed by atoms with van der Waals surface area (Å²) in [4.78, 5) is 75.8. The number of carbonyl (C=O) groups is 5. The number of carbonyl (C=O) groups excluding carboxylic acids is 4. The third-order valence-electron chi connectivity index (χ3n) is 10.9. The van der Waals surface area contributed by atoms with E-state index < -0.39 is 49.1 Å². The largest absolute Gasteiger partial charge is 0.508 e. The minimum Gasteiger partial charge on any atom is -0.508 e. The van der Waals surface area contributed by atoms with Crippen LogP contribution in [0.2, 0.25) is 0 Å². The Hall–Kier alpha value is -6.82. The molecule has 356 valence electrons. The fraction of sp³-hybridized carbons (Fsp3) is 0.340. The van der Waals surface area contributed by atoms with Crippen LogP contribution in [0.25, 0.3) is 33.4 Å². The van der Waals surface area contributed by atoms with E-state index in [1.54, 1.807) is 36.4 Å². The molecular formula is C47H53N4O14PS. The van der Waals surface area contributed by atoms with Gasteiger partial charge in [0.2, 0.25) is 19.2 Å². The smallest absolute Gasteiger partial charge is 0.336 e. The van der Waals surface area contributed by atoms with Crippen LogP contribution in [-0.4, -0.2) is 103 Å². The van der Waals surface area contributed by atoms with E-state index in [9.17, 15) is 48.7 Å². The minimum atomic E-state index is -3.59. The van der Waals surface area contributed by atoms with Crippen molar-refractivity contribution in [2.75, 3.05) is 52.1 Å². The number of hydrogen-bond donors (Lipinski definition) is 7. The number of benzene rings is 4. The number of esters is 2. The number of unbranched alkanes of at least 4 members (excludes halogenated alkanes) is 1. The molecule has 2 amide bonds. The maximum Gasteiger partial charge on any atom is 0.336 e. The van der Waals surface area contributed by atoms with E-state index in [-0.39, 0.29) is 83.5 Å². The second-order valence-corrected chi connectivity index (χ2v) is 18.8. The Labute approximate surface area is 391 Å². The Morgan fingerprint density at radius 1 is 0.806 bits per heavy atom. The number of ether oxygens (including phenoxy) is 2. The third kappa shape index (κ3) is 14.6. The number of nitrogens with one attached hydrogen (secondary N) is 4. The van der Waals surface area contributed by atoms with Gasteiger partial charge in [0, 0.05) is 79.7 Å². The molecule has 67 heavy (non-hydrogen) atoms. The van der Waals surface area contributed by atoms with Gasteiger partial charge in [-0.05, 0) is 104 Å². The number of methoxy groups -OCH3 is 2. The number of amides is 2. The van der Waals surface area contributed by atoms with Crippen molar-refractivity contribution in [3.8, 4) is 33.9 Å². The van der Waals surface area contributed by atoms with Crippen LogP contribution in [0, 0.1) is 5.92 Å².